The first-order chi connectivity index (χ1) is 10.1. The number of carbonyl (C=O) groups is 2. The lowest BCUT2D eigenvalue weighted by Crippen LogP contribution is -2.42. The molecule has 0 atom stereocenters. The largest absolute Gasteiger partial charge is 0.279 e. The molecule has 0 bridgehead atoms. The molecule has 2 aromatic rings. The summed E-state index contributed by atoms with van der Waals surface area (Å²) >= 11 is 14.5. The molecule has 21 heavy (non-hydrogen) atoms. The second-order valence-corrected chi connectivity index (χ2v) is 6.57. The quantitative estimate of drug-likeness (QED) is 0.646. The zero-order chi connectivity index (χ0) is 15.2. The fourth-order valence-electron chi connectivity index (χ4n) is 1.39. The van der Waals surface area contributed by atoms with Crippen molar-refractivity contribution in [3.8, 4) is 0 Å². The molecule has 110 valence electrons. The Balaban J connectivity index is 1.81. The Morgan fingerprint density at radius 1 is 1.10 bits per heavy atom. The van der Waals surface area contributed by atoms with Crippen molar-refractivity contribution in [3.63, 3.8) is 0 Å². The third-order valence-corrected chi connectivity index (χ3v) is 5.18. The zero-order valence-electron chi connectivity index (χ0n) is 10.6. The Morgan fingerprint density at radius 2 is 1.81 bits per heavy atom. The summed E-state index contributed by atoms with van der Waals surface area (Å²) in [6.45, 7) is 0. The zero-order valence-corrected chi connectivity index (χ0v) is 13.7. The van der Waals surface area contributed by atoms with E-state index in [1.54, 1.807) is 35.7 Å². The summed E-state index contributed by atoms with van der Waals surface area (Å²) in [6, 6.07) is 8.57. The van der Waals surface area contributed by atoms with Crippen molar-refractivity contribution in [3.05, 3.63) is 50.6 Å². The summed E-state index contributed by atoms with van der Waals surface area (Å²) in [4.78, 5) is 24.5. The first-order valence-corrected chi connectivity index (χ1v) is 8.39. The fraction of sp³-hybridized carbons (Fsp3) is 0.0769. The van der Waals surface area contributed by atoms with Crippen molar-refractivity contribution in [2.24, 2.45) is 0 Å². The first-order valence-electron chi connectivity index (χ1n) is 5.77. The summed E-state index contributed by atoms with van der Waals surface area (Å²) in [6.07, 6.45) is 0. The van der Waals surface area contributed by atoms with E-state index in [9.17, 15) is 9.59 Å². The minimum Gasteiger partial charge on any atom is -0.272 e. The van der Waals surface area contributed by atoms with Gasteiger partial charge in [0.25, 0.3) is 5.91 Å². The smallest absolute Gasteiger partial charge is 0.272 e. The number of hydrazine groups is 1. The highest BCUT2D eigenvalue weighted by Crippen LogP contribution is 2.33. The number of nitrogens with one attached hydrogen (secondary N) is 2. The number of amides is 2. The monoisotopic (exact) mass is 360 g/mol. The van der Waals surface area contributed by atoms with Crippen molar-refractivity contribution < 1.29 is 9.59 Å². The molecule has 1 aromatic carbocycles. The first kappa shape index (κ1) is 16.2. The molecule has 0 saturated carbocycles. The van der Waals surface area contributed by atoms with Gasteiger partial charge >= 0.3 is 0 Å². The molecule has 2 rings (SSSR count). The van der Waals surface area contributed by atoms with Crippen LogP contribution in [0.15, 0.2) is 40.6 Å². The molecule has 8 heteroatoms. The highest BCUT2D eigenvalue weighted by molar-refractivity contribution is 8.00. The molecule has 0 saturated heterocycles. The maximum Gasteiger partial charge on any atom is 0.279 e. The van der Waals surface area contributed by atoms with Crippen molar-refractivity contribution in [2.75, 3.05) is 5.75 Å². The molecule has 1 aromatic heterocycles. The maximum absolute atomic E-state index is 11.7. The van der Waals surface area contributed by atoms with Crippen molar-refractivity contribution >= 4 is 58.1 Å². The number of thioether (sulfide) groups is 1. The standard InChI is InChI=1S/C13H10Cl2N2O2S2/c14-8-3-1-4-9(15)12(8)21-7-11(18)16-17-13(19)10-5-2-6-20-10/h1-6H,7H2,(H,16,18)(H,17,19). The summed E-state index contributed by atoms with van der Waals surface area (Å²) in [5.74, 6) is -0.603. The Labute approximate surface area is 139 Å². The van der Waals surface area contributed by atoms with Crippen LogP contribution in [0, 0.1) is 0 Å². The molecule has 4 nitrogen and oxygen atoms in total. The third-order valence-electron chi connectivity index (χ3n) is 2.33. The summed E-state index contributed by atoms with van der Waals surface area (Å²) < 4.78 is 0. The second kappa shape index (κ2) is 7.70. The number of thiophene rings is 1. The van der Waals surface area contributed by atoms with Crippen molar-refractivity contribution in [1.82, 2.24) is 10.9 Å². The van der Waals surface area contributed by atoms with Gasteiger partial charge in [-0.3, -0.25) is 20.4 Å². The van der Waals surface area contributed by atoms with Crippen LogP contribution in [0.5, 0.6) is 0 Å². The van der Waals surface area contributed by atoms with E-state index in [0.717, 1.165) is 0 Å². The van der Waals surface area contributed by atoms with Gasteiger partial charge in [0.05, 0.1) is 20.7 Å². The van der Waals surface area contributed by atoms with Gasteiger partial charge < -0.3 is 0 Å². The van der Waals surface area contributed by atoms with Gasteiger partial charge in [-0.25, -0.2) is 0 Å². The minimum atomic E-state index is -0.348. The van der Waals surface area contributed by atoms with Gasteiger partial charge in [-0.05, 0) is 23.6 Å². The third kappa shape index (κ3) is 4.64. The lowest BCUT2D eigenvalue weighted by atomic mass is 10.4. The van der Waals surface area contributed by atoms with E-state index in [1.165, 1.54) is 23.1 Å². The Bertz CT molecular complexity index is 627. The van der Waals surface area contributed by atoms with Gasteiger partial charge in [-0.1, -0.05) is 35.3 Å². The van der Waals surface area contributed by atoms with Crippen LogP contribution in [0.2, 0.25) is 10.0 Å². The molecule has 0 radical (unpaired) electrons. The van der Waals surface area contributed by atoms with E-state index in [0.29, 0.717) is 19.8 Å². The Kier molecular flexibility index (Phi) is 5.93. The number of halogens is 2. The lowest BCUT2D eigenvalue weighted by molar-refractivity contribution is -0.119. The second-order valence-electron chi connectivity index (χ2n) is 3.82. The van der Waals surface area contributed by atoms with Crippen molar-refractivity contribution in [2.45, 2.75) is 4.90 Å². The van der Waals surface area contributed by atoms with Gasteiger partial charge in [-0.15, -0.1) is 23.1 Å². The highest BCUT2D eigenvalue weighted by Gasteiger charge is 2.11. The molecule has 0 fully saturated rings. The number of rotatable bonds is 4. The van der Waals surface area contributed by atoms with Crippen LogP contribution < -0.4 is 10.9 Å². The SMILES string of the molecule is O=C(CSc1c(Cl)cccc1Cl)NNC(=O)c1cccs1. The van der Waals surface area contributed by atoms with Crippen LogP contribution in [0.4, 0.5) is 0 Å². The van der Waals surface area contributed by atoms with Crippen LogP contribution in [-0.4, -0.2) is 17.6 Å². The topological polar surface area (TPSA) is 58.2 Å². The molecule has 1 heterocycles. The van der Waals surface area contributed by atoms with Crippen LogP contribution in [-0.2, 0) is 4.79 Å². The Morgan fingerprint density at radius 3 is 2.43 bits per heavy atom. The van der Waals surface area contributed by atoms with E-state index in [2.05, 4.69) is 10.9 Å². The van der Waals surface area contributed by atoms with E-state index in [-0.39, 0.29) is 17.6 Å². The fourth-order valence-corrected chi connectivity index (χ4v) is 3.49. The minimum absolute atomic E-state index is 0.0914. The highest BCUT2D eigenvalue weighted by atomic mass is 35.5. The van der Waals surface area contributed by atoms with Crippen LogP contribution >= 0.6 is 46.3 Å². The molecule has 0 spiro atoms. The number of carbonyl (C=O) groups excluding carboxylic acids is 2. The maximum atomic E-state index is 11.7. The number of benzene rings is 1. The van der Waals surface area contributed by atoms with Gasteiger partial charge in [-0.2, -0.15) is 0 Å². The molecular weight excluding hydrogens is 351 g/mol. The molecule has 0 aliphatic carbocycles. The van der Waals surface area contributed by atoms with Crippen LogP contribution in [0.1, 0.15) is 9.67 Å². The van der Waals surface area contributed by atoms with E-state index in [4.69, 9.17) is 23.2 Å². The van der Waals surface area contributed by atoms with Gasteiger partial charge in [0.15, 0.2) is 0 Å². The van der Waals surface area contributed by atoms with Crippen LogP contribution in [0.3, 0.4) is 0 Å². The average Bonchev–Trinajstić information content (AvgIpc) is 2.98. The van der Waals surface area contributed by atoms with Crippen LogP contribution in [0.25, 0.3) is 0 Å². The van der Waals surface area contributed by atoms with Crippen molar-refractivity contribution in [1.29, 1.82) is 0 Å². The summed E-state index contributed by atoms with van der Waals surface area (Å²) in [5, 5.41) is 2.76. The lowest BCUT2D eigenvalue weighted by Gasteiger charge is -2.08. The molecule has 0 aliphatic heterocycles. The molecule has 0 aliphatic rings. The summed E-state index contributed by atoms with van der Waals surface area (Å²) in [5.41, 5.74) is 4.68. The van der Waals surface area contributed by atoms with E-state index >= 15 is 0 Å². The predicted octanol–water partition coefficient (Wildman–Crippen LogP) is 3.61. The van der Waals surface area contributed by atoms with E-state index < -0.39 is 0 Å². The van der Waals surface area contributed by atoms with Gasteiger partial charge in [0.2, 0.25) is 5.91 Å². The number of hydrogen-bond donors (Lipinski definition) is 2. The summed E-state index contributed by atoms with van der Waals surface area (Å²) in [7, 11) is 0. The predicted molar refractivity (Wildman–Crippen MR) is 87.1 cm³/mol. The normalized spacial score (nSPS) is 10.2. The van der Waals surface area contributed by atoms with Gasteiger partial charge in [0, 0.05) is 4.90 Å². The van der Waals surface area contributed by atoms with E-state index in [1.807, 2.05) is 0 Å². The molecule has 2 N–H and O–H groups in total. The molecule has 2 amide bonds. The average molecular weight is 361 g/mol. The molecule has 0 unspecified atom stereocenters. The number of hydrogen-bond acceptors (Lipinski definition) is 4. The Hall–Kier alpha value is -1.21. The molecular formula is C13H10Cl2N2O2S2. The van der Waals surface area contributed by atoms with Gasteiger partial charge in [0.1, 0.15) is 0 Å².